The van der Waals surface area contributed by atoms with E-state index in [0.717, 1.165) is 10.2 Å². The topological polar surface area (TPSA) is 21.3 Å². The van der Waals surface area contributed by atoms with E-state index in [0.29, 0.717) is 16.3 Å². The zero-order chi connectivity index (χ0) is 15.6. The van der Waals surface area contributed by atoms with Crippen molar-refractivity contribution in [2.45, 2.75) is 13.0 Å². The van der Waals surface area contributed by atoms with E-state index in [1.807, 2.05) is 25.1 Å². The van der Waals surface area contributed by atoms with Gasteiger partial charge in [0.1, 0.15) is 11.6 Å². The van der Waals surface area contributed by atoms with Crippen LogP contribution in [-0.2, 0) is 0 Å². The van der Waals surface area contributed by atoms with Gasteiger partial charge in [-0.05, 0) is 37.3 Å². The number of hydrogen-bond donors (Lipinski definition) is 1. The van der Waals surface area contributed by atoms with Crippen LogP contribution in [0.4, 0.5) is 10.1 Å². The van der Waals surface area contributed by atoms with Crippen molar-refractivity contribution >= 4 is 44.8 Å². The average molecular weight is 393 g/mol. The lowest BCUT2D eigenvalue weighted by Crippen LogP contribution is -2.09. The van der Waals surface area contributed by atoms with Gasteiger partial charge in [0.25, 0.3) is 0 Å². The van der Waals surface area contributed by atoms with Crippen molar-refractivity contribution < 1.29 is 9.13 Å². The van der Waals surface area contributed by atoms with Crippen molar-refractivity contribution in [3.05, 3.63) is 56.2 Å². The number of anilines is 1. The van der Waals surface area contributed by atoms with Crippen molar-refractivity contribution in [2.24, 2.45) is 0 Å². The van der Waals surface area contributed by atoms with E-state index in [9.17, 15) is 4.39 Å². The van der Waals surface area contributed by atoms with Gasteiger partial charge in [-0.15, -0.1) is 0 Å². The summed E-state index contributed by atoms with van der Waals surface area (Å²) >= 11 is 15.6. The minimum Gasteiger partial charge on any atom is -0.495 e. The summed E-state index contributed by atoms with van der Waals surface area (Å²) < 4.78 is 19.8. The van der Waals surface area contributed by atoms with Crippen LogP contribution in [0.1, 0.15) is 18.5 Å². The molecule has 112 valence electrons. The Balaban J connectivity index is 2.37. The van der Waals surface area contributed by atoms with Crippen molar-refractivity contribution in [1.82, 2.24) is 0 Å². The Morgan fingerprint density at radius 1 is 1.24 bits per heavy atom. The average Bonchev–Trinajstić information content (AvgIpc) is 2.43. The number of hydrogen-bond acceptors (Lipinski definition) is 2. The van der Waals surface area contributed by atoms with Crippen LogP contribution < -0.4 is 10.1 Å². The van der Waals surface area contributed by atoms with E-state index < -0.39 is 5.82 Å². The molecule has 0 aliphatic carbocycles. The molecule has 6 heteroatoms. The van der Waals surface area contributed by atoms with Gasteiger partial charge in [0, 0.05) is 15.1 Å². The van der Waals surface area contributed by atoms with Gasteiger partial charge in [-0.25, -0.2) is 4.39 Å². The Kier molecular flexibility index (Phi) is 5.36. The largest absolute Gasteiger partial charge is 0.495 e. The Morgan fingerprint density at radius 3 is 2.62 bits per heavy atom. The Hall–Kier alpha value is -0.970. The van der Waals surface area contributed by atoms with Crippen LogP contribution in [0.5, 0.6) is 5.75 Å². The third-order valence-electron chi connectivity index (χ3n) is 3.05. The summed E-state index contributed by atoms with van der Waals surface area (Å²) in [4.78, 5) is 0. The summed E-state index contributed by atoms with van der Waals surface area (Å²) in [7, 11) is 1.58. The molecule has 2 aromatic carbocycles. The van der Waals surface area contributed by atoms with E-state index >= 15 is 0 Å². The molecular formula is C15H13BrCl2FNO. The molecule has 0 aliphatic rings. The summed E-state index contributed by atoms with van der Waals surface area (Å²) in [5.74, 6) is 0.180. The van der Waals surface area contributed by atoms with Crippen LogP contribution in [0.15, 0.2) is 34.8 Å². The first-order valence-corrected chi connectivity index (χ1v) is 7.72. The van der Waals surface area contributed by atoms with E-state index in [4.69, 9.17) is 27.9 Å². The predicted octanol–water partition coefficient (Wildman–Crippen LogP) is 6.08. The quantitative estimate of drug-likeness (QED) is 0.637. The second-order valence-corrected chi connectivity index (χ2v) is 6.17. The normalized spacial score (nSPS) is 12.1. The maximum atomic E-state index is 13.6. The van der Waals surface area contributed by atoms with E-state index in [1.165, 1.54) is 12.1 Å². The third kappa shape index (κ3) is 3.62. The number of halogens is 4. The predicted molar refractivity (Wildman–Crippen MR) is 89.2 cm³/mol. The highest BCUT2D eigenvalue weighted by atomic mass is 79.9. The molecule has 0 aliphatic heterocycles. The number of methoxy groups -OCH3 is 1. The number of rotatable bonds is 4. The lowest BCUT2D eigenvalue weighted by Gasteiger charge is -2.20. The molecule has 0 aromatic heterocycles. The Morgan fingerprint density at radius 2 is 1.95 bits per heavy atom. The van der Waals surface area contributed by atoms with Crippen LogP contribution in [0.25, 0.3) is 0 Å². The van der Waals surface area contributed by atoms with Crippen LogP contribution >= 0.6 is 39.1 Å². The second kappa shape index (κ2) is 6.86. The first kappa shape index (κ1) is 16.4. The van der Waals surface area contributed by atoms with Gasteiger partial charge in [0.15, 0.2) is 0 Å². The van der Waals surface area contributed by atoms with E-state index in [2.05, 4.69) is 21.2 Å². The fourth-order valence-corrected chi connectivity index (χ4v) is 3.10. The van der Waals surface area contributed by atoms with E-state index in [-0.39, 0.29) is 11.1 Å². The molecule has 0 saturated carbocycles. The van der Waals surface area contributed by atoms with Crippen molar-refractivity contribution in [3.63, 3.8) is 0 Å². The van der Waals surface area contributed by atoms with Gasteiger partial charge in [-0.1, -0.05) is 39.1 Å². The lowest BCUT2D eigenvalue weighted by molar-refractivity contribution is 0.416. The van der Waals surface area contributed by atoms with Crippen LogP contribution in [0.3, 0.4) is 0 Å². The third-order valence-corrected chi connectivity index (χ3v) is 4.25. The van der Waals surface area contributed by atoms with Crippen LogP contribution in [-0.4, -0.2) is 7.11 Å². The van der Waals surface area contributed by atoms with Gasteiger partial charge in [-0.3, -0.25) is 0 Å². The van der Waals surface area contributed by atoms with Gasteiger partial charge in [0.05, 0.1) is 23.9 Å². The molecule has 0 spiro atoms. The maximum Gasteiger partial charge on any atom is 0.142 e. The van der Waals surface area contributed by atoms with Crippen molar-refractivity contribution in [1.29, 1.82) is 0 Å². The summed E-state index contributed by atoms with van der Waals surface area (Å²) in [6.07, 6.45) is 0. The summed E-state index contributed by atoms with van der Waals surface area (Å²) in [6.45, 7) is 1.85. The van der Waals surface area contributed by atoms with Crippen LogP contribution in [0, 0.1) is 5.82 Å². The minimum atomic E-state index is -0.495. The molecule has 0 bridgehead atoms. The molecule has 1 unspecified atom stereocenters. The fraction of sp³-hybridized carbons (Fsp3) is 0.200. The molecule has 0 amide bonds. The van der Waals surface area contributed by atoms with Crippen LogP contribution in [0.2, 0.25) is 10.0 Å². The van der Waals surface area contributed by atoms with Crippen molar-refractivity contribution in [3.8, 4) is 5.75 Å². The van der Waals surface area contributed by atoms with Gasteiger partial charge in [-0.2, -0.15) is 0 Å². The van der Waals surface area contributed by atoms with Gasteiger partial charge in [0.2, 0.25) is 0 Å². The summed E-state index contributed by atoms with van der Waals surface area (Å²) in [5.41, 5.74) is 1.27. The monoisotopic (exact) mass is 391 g/mol. The molecule has 1 atom stereocenters. The molecular weight excluding hydrogens is 380 g/mol. The summed E-state index contributed by atoms with van der Waals surface area (Å²) in [5, 5.41) is 3.67. The SMILES string of the molecule is COc1ccc(Br)cc1NC(C)c1c(Cl)ccc(F)c1Cl. The number of nitrogens with one attached hydrogen (secondary N) is 1. The van der Waals surface area contributed by atoms with Crippen molar-refractivity contribution in [2.75, 3.05) is 12.4 Å². The maximum absolute atomic E-state index is 13.6. The molecule has 21 heavy (non-hydrogen) atoms. The molecule has 2 nitrogen and oxygen atoms in total. The zero-order valence-electron chi connectivity index (χ0n) is 11.4. The van der Waals surface area contributed by atoms with E-state index in [1.54, 1.807) is 7.11 Å². The van der Waals surface area contributed by atoms with Gasteiger partial charge < -0.3 is 10.1 Å². The highest BCUT2D eigenvalue weighted by Gasteiger charge is 2.18. The molecule has 0 heterocycles. The number of ether oxygens (including phenoxy) is 1. The summed E-state index contributed by atoms with van der Waals surface area (Å²) in [6, 6.07) is 8.03. The first-order chi connectivity index (χ1) is 9.93. The molecule has 0 saturated heterocycles. The van der Waals surface area contributed by atoms with Gasteiger partial charge >= 0.3 is 0 Å². The lowest BCUT2D eigenvalue weighted by atomic mass is 10.1. The standard InChI is InChI=1S/C15H13BrCl2FNO/c1-8(14-10(17)4-5-11(19)15(14)18)20-12-7-9(16)3-6-13(12)21-2/h3-8,20H,1-2H3. The Labute approximate surface area is 141 Å². The molecule has 0 fully saturated rings. The minimum absolute atomic E-state index is 0.0245. The molecule has 2 rings (SSSR count). The highest BCUT2D eigenvalue weighted by Crippen LogP contribution is 2.36. The first-order valence-electron chi connectivity index (χ1n) is 6.17. The second-order valence-electron chi connectivity index (χ2n) is 4.47. The molecule has 2 aromatic rings. The Bertz CT molecular complexity index is 666. The smallest absolute Gasteiger partial charge is 0.142 e. The number of benzene rings is 2. The molecule has 0 radical (unpaired) electrons. The zero-order valence-corrected chi connectivity index (χ0v) is 14.5. The molecule has 1 N–H and O–H groups in total. The highest BCUT2D eigenvalue weighted by molar-refractivity contribution is 9.10. The fourth-order valence-electron chi connectivity index (χ4n) is 2.04.